The van der Waals surface area contributed by atoms with Crippen LogP contribution in [0.4, 0.5) is 0 Å². The fourth-order valence-electron chi connectivity index (χ4n) is 3.01. The van der Waals surface area contributed by atoms with E-state index in [0.29, 0.717) is 5.92 Å². The largest absolute Gasteiger partial charge is 0.384 e. The first-order valence-corrected chi connectivity index (χ1v) is 7.04. The summed E-state index contributed by atoms with van der Waals surface area (Å²) in [6, 6.07) is 7.16. The number of methoxy groups -OCH3 is 1. The summed E-state index contributed by atoms with van der Waals surface area (Å²) < 4.78 is 5.16. The number of nitrogens with two attached hydrogens (primary N) is 1. The van der Waals surface area contributed by atoms with Gasteiger partial charge in [-0.05, 0) is 54.7 Å². The number of benzene rings is 1. The van der Waals surface area contributed by atoms with E-state index in [9.17, 15) is 0 Å². The molecule has 0 saturated heterocycles. The first-order valence-electron chi connectivity index (χ1n) is 7.04. The average Bonchev–Trinajstić information content (AvgIpc) is 2.76. The summed E-state index contributed by atoms with van der Waals surface area (Å²) in [4.78, 5) is 0. The Bertz CT molecular complexity index is 389. The molecule has 1 aromatic carbocycles. The molecular weight excluding hydrogens is 222 g/mol. The van der Waals surface area contributed by atoms with Crippen molar-refractivity contribution in [1.82, 2.24) is 0 Å². The third-order valence-electron chi connectivity index (χ3n) is 3.82. The molecule has 1 aromatic rings. The van der Waals surface area contributed by atoms with Crippen molar-refractivity contribution in [2.45, 2.75) is 45.1 Å². The number of fused-ring (bicyclic) bond motifs is 1. The topological polar surface area (TPSA) is 35.2 Å². The molecule has 2 nitrogen and oxygen atoms in total. The van der Waals surface area contributed by atoms with Crippen molar-refractivity contribution >= 4 is 0 Å². The third kappa shape index (κ3) is 3.56. The predicted molar refractivity (Wildman–Crippen MR) is 75.8 cm³/mol. The van der Waals surface area contributed by atoms with Crippen LogP contribution in [0.2, 0.25) is 0 Å². The van der Waals surface area contributed by atoms with Gasteiger partial charge in [-0.1, -0.05) is 25.1 Å². The van der Waals surface area contributed by atoms with Crippen molar-refractivity contribution in [2.75, 3.05) is 13.7 Å². The Hall–Kier alpha value is -0.860. The van der Waals surface area contributed by atoms with Gasteiger partial charge in [-0.3, -0.25) is 0 Å². The van der Waals surface area contributed by atoms with E-state index in [-0.39, 0.29) is 6.04 Å². The first-order chi connectivity index (χ1) is 8.69. The van der Waals surface area contributed by atoms with Crippen LogP contribution >= 0.6 is 0 Å². The van der Waals surface area contributed by atoms with E-state index in [1.165, 1.54) is 24.8 Å². The van der Waals surface area contributed by atoms with E-state index < -0.39 is 0 Å². The standard InChI is InChI=1S/C16H25NO/c1-12(11-18-2)8-16(17)10-13-6-7-14-4-3-5-15(14)9-13/h6-7,9,12,16H,3-5,8,10-11,17H2,1-2H3. The Morgan fingerprint density at radius 3 is 2.83 bits per heavy atom. The lowest BCUT2D eigenvalue weighted by Crippen LogP contribution is -2.26. The highest BCUT2D eigenvalue weighted by Crippen LogP contribution is 2.23. The van der Waals surface area contributed by atoms with Crippen molar-refractivity contribution in [3.8, 4) is 0 Å². The summed E-state index contributed by atoms with van der Waals surface area (Å²) >= 11 is 0. The van der Waals surface area contributed by atoms with Gasteiger partial charge in [-0.2, -0.15) is 0 Å². The minimum absolute atomic E-state index is 0.245. The second-order valence-corrected chi connectivity index (χ2v) is 5.72. The van der Waals surface area contributed by atoms with Crippen LogP contribution in [0.1, 0.15) is 36.5 Å². The predicted octanol–water partition coefficient (Wildman–Crippen LogP) is 2.72. The zero-order valence-electron chi connectivity index (χ0n) is 11.6. The van der Waals surface area contributed by atoms with E-state index >= 15 is 0 Å². The maximum atomic E-state index is 6.23. The Morgan fingerprint density at radius 1 is 1.28 bits per heavy atom. The minimum atomic E-state index is 0.245. The lowest BCUT2D eigenvalue weighted by atomic mass is 9.95. The highest BCUT2D eigenvalue weighted by molar-refractivity contribution is 5.35. The van der Waals surface area contributed by atoms with Crippen molar-refractivity contribution in [3.63, 3.8) is 0 Å². The summed E-state index contributed by atoms with van der Waals surface area (Å²) in [6.45, 7) is 3.00. The van der Waals surface area contributed by atoms with Crippen LogP contribution in [0, 0.1) is 5.92 Å². The Balaban J connectivity index is 1.89. The molecular formula is C16H25NO. The van der Waals surface area contributed by atoms with E-state index in [2.05, 4.69) is 25.1 Å². The lowest BCUT2D eigenvalue weighted by Gasteiger charge is -2.17. The molecule has 2 N–H and O–H groups in total. The van der Waals surface area contributed by atoms with Crippen LogP contribution in [0.15, 0.2) is 18.2 Å². The summed E-state index contributed by atoms with van der Waals surface area (Å²) in [5, 5.41) is 0. The molecule has 100 valence electrons. The van der Waals surface area contributed by atoms with Crippen molar-refractivity contribution < 1.29 is 4.74 Å². The smallest absolute Gasteiger partial charge is 0.0488 e. The van der Waals surface area contributed by atoms with E-state index in [4.69, 9.17) is 10.5 Å². The van der Waals surface area contributed by atoms with Gasteiger partial charge in [-0.25, -0.2) is 0 Å². The van der Waals surface area contributed by atoms with Gasteiger partial charge in [0.25, 0.3) is 0 Å². The van der Waals surface area contributed by atoms with Crippen LogP contribution in [-0.4, -0.2) is 19.8 Å². The summed E-state index contributed by atoms with van der Waals surface area (Å²) in [5.41, 5.74) is 10.7. The maximum absolute atomic E-state index is 6.23. The molecule has 0 aliphatic heterocycles. The van der Waals surface area contributed by atoms with Crippen LogP contribution in [0.3, 0.4) is 0 Å². The highest BCUT2D eigenvalue weighted by Gasteiger charge is 2.13. The SMILES string of the molecule is COCC(C)CC(N)Cc1ccc2c(c1)CCC2. The van der Waals surface area contributed by atoms with Crippen LogP contribution in [0.25, 0.3) is 0 Å². The number of rotatable bonds is 6. The number of aryl methyl sites for hydroxylation is 2. The molecule has 2 atom stereocenters. The molecule has 1 aliphatic carbocycles. The fourth-order valence-corrected chi connectivity index (χ4v) is 3.01. The van der Waals surface area contributed by atoms with Gasteiger partial charge in [0.2, 0.25) is 0 Å². The van der Waals surface area contributed by atoms with Crippen molar-refractivity contribution in [1.29, 1.82) is 0 Å². The van der Waals surface area contributed by atoms with Gasteiger partial charge in [0.05, 0.1) is 0 Å². The van der Waals surface area contributed by atoms with Crippen molar-refractivity contribution in [3.05, 3.63) is 34.9 Å². The zero-order chi connectivity index (χ0) is 13.0. The summed E-state index contributed by atoms with van der Waals surface area (Å²) in [7, 11) is 1.75. The van der Waals surface area contributed by atoms with Crippen LogP contribution < -0.4 is 5.73 Å². The molecule has 0 aromatic heterocycles. The Morgan fingerprint density at radius 2 is 2.06 bits per heavy atom. The fraction of sp³-hybridized carbons (Fsp3) is 0.625. The van der Waals surface area contributed by atoms with Crippen LogP contribution in [-0.2, 0) is 24.0 Å². The number of hydrogen-bond donors (Lipinski definition) is 1. The molecule has 0 heterocycles. The number of hydrogen-bond acceptors (Lipinski definition) is 2. The van der Waals surface area contributed by atoms with E-state index in [1.807, 2.05) is 0 Å². The minimum Gasteiger partial charge on any atom is -0.384 e. The molecule has 0 bridgehead atoms. The Labute approximate surface area is 111 Å². The molecule has 18 heavy (non-hydrogen) atoms. The van der Waals surface area contributed by atoms with Gasteiger partial charge in [-0.15, -0.1) is 0 Å². The zero-order valence-corrected chi connectivity index (χ0v) is 11.6. The molecule has 0 spiro atoms. The molecule has 0 saturated carbocycles. The van der Waals surface area contributed by atoms with Gasteiger partial charge >= 0.3 is 0 Å². The van der Waals surface area contributed by atoms with Crippen LogP contribution in [0.5, 0.6) is 0 Å². The maximum Gasteiger partial charge on any atom is 0.0488 e. The summed E-state index contributed by atoms with van der Waals surface area (Å²) in [6.07, 6.45) is 5.84. The van der Waals surface area contributed by atoms with E-state index in [0.717, 1.165) is 19.4 Å². The molecule has 0 fully saturated rings. The molecule has 2 rings (SSSR count). The van der Waals surface area contributed by atoms with Crippen molar-refractivity contribution in [2.24, 2.45) is 11.7 Å². The lowest BCUT2D eigenvalue weighted by molar-refractivity contribution is 0.152. The van der Waals surface area contributed by atoms with Gasteiger partial charge in [0, 0.05) is 19.8 Å². The molecule has 0 amide bonds. The molecule has 2 heteroatoms. The molecule has 1 aliphatic rings. The molecule has 0 radical (unpaired) electrons. The highest BCUT2D eigenvalue weighted by atomic mass is 16.5. The number of ether oxygens (including phenoxy) is 1. The third-order valence-corrected chi connectivity index (χ3v) is 3.82. The van der Waals surface area contributed by atoms with Gasteiger partial charge in [0.1, 0.15) is 0 Å². The van der Waals surface area contributed by atoms with Gasteiger partial charge < -0.3 is 10.5 Å². The monoisotopic (exact) mass is 247 g/mol. The van der Waals surface area contributed by atoms with Gasteiger partial charge in [0.15, 0.2) is 0 Å². The first kappa shape index (κ1) is 13.6. The normalized spacial score (nSPS) is 17.5. The van der Waals surface area contributed by atoms with E-state index in [1.54, 1.807) is 18.2 Å². The Kier molecular flexibility index (Phi) is 4.79. The second-order valence-electron chi connectivity index (χ2n) is 5.72. The quantitative estimate of drug-likeness (QED) is 0.839. The second kappa shape index (κ2) is 6.35. The molecule has 2 unspecified atom stereocenters. The summed E-state index contributed by atoms with van der Waals surface area (Å²) in [5.74, 6) is 0.541. The average molecular weight is 247 g/mol.